The van der Waals surface area contributed by atoms with Crippen LogP contribution in [-0.2, 0) is 9.59 Å². The SMILES string of the molecule is C=CC(=O)C=CCCCC(C)=O. The third kappa shape index (κ3) is 6.93. The molecule has 0 heterocycles. The smallest absolute Gasteiger partial charge is 0.177 e. The molecular weight excluding hydrogens is 152 g/mol. The average Bonchev–Trinajstić information content (AvgIpc) is 2.03. The van der Waals surface area contributed by atoms with E-state index in [2.05, 4.69) is 6.58 Å². The fraction of sp³-hybridized carbons (Fsp3) is 0.400. The van der Waals surface area contributed by atoms with E-state index < -0.39 is 0 Å². The molecule has 0 saturated heterocycles. The molecule has 0 aromatic rings. The molecule has 0 fully saturated rings. The van der Waals surface area contributed by atoms with E-state index in [0.717, 1.165) is 12.8 Å². The van der Waals surface area contributed by atoms with Crippen LogP contribution in [0.25, 0.3) is 0 Å². The molecule has 0 unspecified atom stereocenters. The van der Waals surface area contributed by atoms with Gasteiger partial charge in [0.1, 0.15) is 5.78 Å². The van der Waals surface area contributed by atoms with Crippen LogP contribution in [0.1, 0.15) is 26.2 Å². The molecule has 2 nitrogen and oxygen atoms in total. The highest BCUT2D eigenvalue weighted by Gasteiger charge is 1.90. The highest BCUT2D eigenvalue weighted by molar-refractivity contribution is 5.98. The van der Waals surface area contributed by atoms with Gasteiger partial charge in [0.15, 0.2) is 5.78 Å². The summed E-state index contributed by atoms with van der Waals surface area (Å²) in [4.78, 5) is 21.1. The Morgan fingerprint density at radius 2 is 2.08 bits per heavy atom. The number of ketones is 2. The summed E-state index contributed by atoms with van der Waals surface area (Å²) in [6.45, 7) is 4.90. The normalized spacial score (nSPS) is 10.1. The minimum Gasteiger partial charge on any atom is -0.300 e. The first-order valence-corrected chi connectivity index (χ1v) is 3.99. The molecule has 12 heavy (non-hydrogen) atoms. The van der Waals surface area contributed by atoms with Crippen molar-refractivity contribution in [3.05, 3.63) is 24.8 Å². The maximum absolute atomic E-state index is 10.6. The van der Waals surface area contributed by atoms with Gasteiger partial charge >= 0.3 is 0 Å². The van der Waals surface area contributed by atoms with Gasteiger partial charge in [-0.05, 0) is 31.9 Å². The molecule has 0 rings (SSSR count). The number of allylic oxidation sites excluding steroid dienone is 3. The van der Waals surface area contributed by atoms with Gasteiger partial charge < -0.3 is 4.79 Å². The van der Waals surface area contributed by atoms with E-state index in [-0.39, 0.29) is 11.6 Å². The van der Waals surface area contributed by atoms with Crippen molar-refractivity contribution >= 4 is 11.6 Å². The second-order valence-electron chi connectivity index (χ2n) is 2.60. The molecule has 0 aliphatic carbocycles. The van der Waals surface area contributed by atoms with Gasteiger partial charge in [0, 0.05) is 6.42 Å². The van der Waals surface area contributed by atoms with Gasteiger partial charge in [0.05, 0.1) is 0 Å². The second-order valence-corrected chi connectivity index (χ2v) is 2.60. The Hall–Kier alpha value is -1.18. The molecule has 0 spiro atoms. The minimum absolute atomic E-state index is 0.0853. The Balaban J connectivity index is 3.42. The molecule has 0 radical (unpaired) electrons. The maximum atomic E-state index is 10.6. The van der Waals surface area contributed by atoms with Gasteiger partial charge in [0.25, 0.3) is 0 Å². The van der Waals surface area contributed by atoms with E-state index in [1.54, 1.807) is 13.0 Å². The number of carbonyl (C=O) groups is 2. The van der Waals surface area contributed by atoms with Gasteiger partial charge in [-0.2, -0.15) is 0 Å². The summed E-state index contributed by atoms with van der Waals surface area (Å²) in [5.41, 5.74) is 0. The molecule has 0 aliphatic rings. The van der Waals surface area contributed by atoms with E-state index in [1.807, 2.05) is 0 Å². The van der Waals surface area contributed by atoms with Crippen LogP contribution in [0.3, 0.4) is 0 Å². The van der Waals surface area contributed by atoms with Crippen molar-refractivity contribution in [1.29, 1.82) is 0 Å². The van der Waals surface area contributed by atoms with Crippen LogP contribution in [-0.4, -0.2) is 11.6 Å². The maximum Gasteiger partial charge on any atom is 0.177 e. The third-order valence-corrected chi connectivity index (χ3v) is 1.38. The Bertz CT molecular complexity index is 202. The van der Waals surface area contributed by atoms with Crippen molar-refractivity contribution in [2.24, 2.45) is 0 Å². The van der Waals surface area contributed by atoms with Crippen LogP contribution < -0.4 is 0 Å². The van der Waals surface area contributed by atoms with E-state index in [0.29, 0.717) is 6.42 Å². The Morgan fingerprint density at radius 3 is 2.58 bits per heavy atom. The summed E-state index contributed by atoms with van der Waals surface area (Å²) in [6.07, 6.45) is 6.70. The molecule has 0 amide bonds. The summed E-state index contributed by atoms with van der Waals surface area (Å²) in [5.74, 6) is 0.108. The van der Waals surface area contributed by atoms with E-state index >= 15 is 0 Å². The standard InChI is InChI=1S/C10H14O2/c1-3-10(12)8-6-4-5-7-9(2)11/h3,6,8H,1,4-5,7H2,2H3. The van der Waals surface area contributed by atoms with Crippen molar-refractivity contribution in [3.63, 3.8) is 0 Å². The van der Waals surface area contributed by atoms with Crippen molar-refractivity contribution in [2.45, 2.75) is 26.2 Å². The number of hydrogen-bond donors (Lipinski definition) is 0. The number of rotatable bonds is 6. The van der Waals surface area contributed by atoms with Crippen molar-refractivity contribution in [1.82, 2.24) is 0 Å². The van der Waals surface area contributed by atoms with Crippen molar-refractivity contribution in [3.8, 4) is 0 Å². The predicted molar refractivity (Wildman–Crippen MR) is 48.9 cm³/mol. The highest BCUT2D eigenvalue weighted by atomic mass is 16.1. The largest absolute Gasteiger partial charge is 0.300 e. The first-order chi connectivity index (χ1) is 5.66. The van der Waals surface area contributed by atoms with E-state index in [4.69, 9.17) is 0 Å². The van der Waals surface area contributed by atoms with Crippen LogP contribution in [0.4, 0.5) is 0 Å². The van der Waals surface area contributed by atoms with Crippen LogP contribution >= 0.6 is 0 Å². The second kappa shape index (κ2) is 6.53. The quantitative estimate of drug-likeness (QED) is 0.447. The van der Waals surface area contributed by atoms with Gasteiger partial charge in [-0.15, -0.1) is 0 Å². The lowest BCUT2D eigenvalue weighted by atomic mass is 10.2. The first-order valence-electron chi connectivity index (χ1n) is 3.99. The molecule has 0 atom stereocenters. The zero-order valence-corrected chi connectivity index (χ0v) is 7.38. The molecule has 0 N–H and O–H groups in total. The van der Waals surface area contributed by atoms with Crippen molar-refractivity contribution < 1.29 is 9.59 Å². The van der Waals surface area contributed by atoms with Crippen LogP contribution in [0.2, 0.25) is 0 Å². The van der Waals surface area contributed by atoms with Gasteiger partial charge in [0.2, 0.25) is 0 Å². The number of unbranched alkanes of at least 4 members (excludes halogenated alkanes) is 1. The topological polar surface area (TPSA) is 34.1 Å². The lowest BCUT2D eigenvalue weighted by Crippen LogP contribution is -1.88. The molecule has 0 aromatic heterocycles. The zero-order valence-electron chi connectivity index (χ0n) is 7.38. The fourth-order valence-electron chi connectivity index (χ4n) is 0.736. The van der Waals surface area contributed by atoms with E-state index in [1.165, 1.54) is 12.2 Å². The fourth-order valence-corrected chi connectivity index (χ4v) is 0.736. The lowest BCUT2D eigenvalue weighted by molar-refractivity contribution is -0.117. The predicted octanol–water partition coefficient (Wildman–Crippen LogP) is 2.06. The van der Waals surface area contributed by atoms with Crippen LogP contribution in [0.5, 0.6) is 0 Å². The van der Waals surface area contributed by atoms with Crippen LogP contribution in [0, 0.1) is 0 Å². The Kier molecular flexibility index (Phi) is 5.88. The van der Waals surface area contributed by atoms with Crippen LogP contribution in [0.15, 0.2) is 24.8 Å². The van der Waals surface area contributed by atoms with Gasteiger partial charge in [-0.1, -0.05) is 12.7 Å². The summed E-state index contributed by atoms with van der Waals surface area (Å²) < 4.78 is 0. The lowest BCUT2D eigenvalue weighted by Gasteiger charge is -1.90. The van der Waals surface area contributed by atoms with E-state index in [9.17, 15) is 9.59 Å². The summed E-state index contributed by atoms with van der Waals surface area (Å²) >= 11 is 0. The molecule has 0 saturated carbocycles. The Labute approximate surface area is 73.0 Å². The van der Waals surface area contributed by atoms with Crippen molar-refractivity contribution in [2.75, 3.05) is 0 Å². The zero-order chi connectivity index (χ0) is 9.40. The first kappa shape index (κ1) is 10.8. The molecule has 0 aliphatic heterocycles. The summed E-state index contributed by atoms with van der Waals surface area (Å²) in [5, 5.41) is 0. The number of hydrogen-bond acceptors (Lipinski definition) is 2. The van der Waals surface area contributed by atoms with Gasteiger partial charge in [-0.25, -0.2) is 0 Å². The molecule has 0 aromatic carbocycles. The molecule has 2 heteroatoms. The van der Waals surface area contributed by atoms with Gasteiger partial charge in [-0.3, -0.25) is 4.79 Å². The summed E-state index contributed by atoms with van der Waals surface area (Å²) in [6, 6.07) is 0. The Morgan fingerprint density at radius 1 is 1.42 bits per heavy atom. The molecular formula is C10H14O2. The number of carbonyl (C=O) groups excluding carboxylic acids is 2. The monoisotopic (exact) mass is 166 g/mol. The highest BCUT2D eigenvalue weighted by Crippen LogP contribution is 1.97. The number of Topliss-reactive ketones (excluding diaryl/α,β-unsaturated/α-hetero) is 1. The third-order valence-electron chi connectivity index (χ3n) is 1.38. The molecule has 0 bridgehead atoms. The average molecular weight is 166 g/mol. The minimum atomic E-state index is -0.0853. The molecule has 66 valence electrons. The summed E-state index contributed by atoms with van der Waals surface area (Å²) in [7, 11) is 0.